The molecule has 2 rings (SSSR count). The van der Waals surface area contributed by atoms with Crippen LogP contribution < -0.4 is 0 Å². The maximum Gasteiger partial charge on any atom is -0.0263 e. The molecule has 0 heteroatoms. The zero-order chi connectivity index (χ0) is 8.99. The lowest BCUT2D eigenvalue weighted by molar-refractivity contribution is 0.168. The zero-order valence-corrected chi connectivity index (χ0v) is 8.73. The summed E-state index contributed by atoms with van der Waals surface area (Å²) in [6.45, 7) is 0. The van der Waals surface area contributed by atoms with Gasteiger partial charge in [-0.25, -0.2) is 0 Å². The molecule has 0 aliphatic heterocycles. The first-order valence-electron chi connectivity index (χ1n) is 6.06. The van der Waals surface area contributed by atoms with Gasteiger partial charge in [-0.05, 0) is 43.9 Å². The van der Waals surface area contributed by atoms with Crippen molar-refractivity contribution in [2.75, 3.05) is 0 Å². The summed E-state index contributed by atoms with van der Waals surface area (Å²) >= 11 is 0. The lowest BCUT2D eigenvalue weighted by atomic mass is 9.68. The van der Waals surface area contributed by atoms with Gasteiger partial charge in [0.05, 0.1) is 0 Å². The van der Waals surface area contributed by atoms with E-state index in [9.17, 15) is 0 Å². The Bertz CT molecular complexity index is 172. The van der Waals surface area contributed by atoms with Gasteiger partial charge in [-0.3, -0.25) is 0 Å². The summed E-state index contributed by atoms with van der Waals surface area (Å²) in [5.41, 5.74) is 0.745. The van der Waals surface area contributed by atoms with Crippen LogP contribution in [0.25, 0.3) is 0 Å². The fourth-order valence-corrected chi connectivity index (χ4v) is 3.07. The van der Waals surface area contributed by atoms with Gasteiger partial charge in [0.25, 0.3) is 0 Å². The predicted molar refractivity (Wildman–Crippen MR) is 57.7 cm³/mol. The van der Waals surface area contributed by atoms with E-state index in [0.29, 0.717) is 0 Å². The van der Waals surface area contributed by atoms with Gasteiger partial charge in [0.2, 0.25) is 0 Å². The van der Waals surface area contributed by atoms with E-state index < -0.39 is 0 Å². The molecule has 1 fully saturated rings. The molecule has 0 aromatic carbocycles. The van der Waals surface area contributed by atoms with Crippen LogP contribution >= 0.6 is 0 Å². The van der Waals surface area contributed by atoms with Crippen LogP contribution in [0.1, 0.15) is 64.2 Å². The quantitative estimate of drug-likeness (QED) is 0.480. The lowest BCUT2D eigenvalue weighted by Gasteiger charge is -2.37. The highest BCUT2D eigenvalue weighted by atomic mass is 14.3. The van der Waals surface area contributed by atoms with Crippen LogP contribution in [0.3, 0.4) is 0 Å². The lowest BCUT2D eigenvalue weighted by Crippen LogP contribution is -2.23. The minimum atomic E-state index is 0.745. The second-order valence-electron chi connectivity index (χ2n) is 4.98. The predicted octanol–water partition coefficient (Wildman–Crippen LogP) is 4.46. The molecule has 0 heterocycles. The maximum atomic E-state index is 2.46. The molecular formula is C13H22. The topological polar surface area (TPSA) is 0 Å². The van der Waals surface area contributed by atoms with E-state index in [4.69, 9.17) is 0 Å². The standard InChI is InChI=1S/C13H22/c1-2-5-9-13(10-6-3-1)11-7-4-8-12-13/h2,5H,1,3-4,6-12H2/b5-2-. The molecule has 0 saturated heterocycles. The number of hydrogen-bond donors (Lipinski definition) is 0. The van der Waals surface area contributed by atoms with Crippen LogP contribution in [-0.2, 0) is 0 Å². The number of allylic oxidation sites excluding steroid dienone is 2. The molecule has 2 aliphatic carbocycles. The van der Waals surface area contributed by atoms with Crippen molar-refractivity contribution in [3.8, 4) is 0 Å². The van der Waals surface area contributed by atoms with Crippen molar-refractivity contribution in [2.24, 2.45) is 5.41 Å². The highest BCUT2D eigenvalue weighted by molar-refractivity contribution is 4.94. The summed E-state index contributed by atoms with van der Waals surface area (Å²) in [6.07, 6.45) is 19.5. The van der Waals surface area contributed by atoms with Crippen LogP contribution in [-0.4, -0.2) is 0 Å². The first kappa shape index (κ1) is 9.30. The van der Waals surface area contributed by atoms with Gasteiger partial charge in [0.15, 0.2) is 0 Å². The molecule has 0 atom stereocenters. The smallest absolute Gasteiger partial charge is 0.0263 e. The normalized spacial score (nSPS) is 30.8. The summed E-state index contributed by atoms with van der Waals surface area (Å²) in [5, 5.41) is 0. The van der Waals surface area contributed by atoms with Crippen molar-refractivity contribution in [1.82, 2.24) is 0 Å². The van der Waals surface area contributed by atoms with Gasteiger partial charge in [0, 0.05) is 0 Å². The van der Waals surface area contributed by atoms with Crippen LogP contribution in [0.2, 0.25) is 0 Å². The Hall–Kier alpha value is -0.260. The number of hydrogen-bond acceptors (Lipinski definition) is 0. The highest BCUT2D eigenvalue weighted by Crippen LogP contribution is 2.44. The minimum absolute atomic E-state index is 0.745. The molecule has 0 nitrogen and oxygen atoms in total. The third kappa shape index (κ3) is 2.36. The summed E-state index contributed by atoms with van der Waals surface area (Å²) in [7, 11) is 0. The zero-order valence-electron chi connectivity index (χ0n) is 8.73. The molecule has 0 aromatic heterocycles. The largest absolute Gasteiger partial charge is 0.0885 e. The van der Waals surface area contributed by atoms with Gasteiger partial charge in [-0.1, -0.05) is 37.8 Å². The van der Waals surface area contributed by atoms with E-state index in [-0.39, 0.29) is 0 Å². The van der Waals surface area contributed by atoms with Crippen molar-refractivity contribution in [2.45, 2.75) is 64.2 Å². The third-order valence-electron chi connectivity index (χ3n) is 3.96. The van der Waals surface area contributed by atoms with E-state index in [1.807, 2.05) is 0 Å². The van der Waals surface area contributed by atoms with E-state index in [0.717, 1.165) is 5.41 Å². The second kappa shape index (κ2) is 4.30. The van der Waals surface area contributed by atoms with Gasteiger partial charge >= 0.3 is 0 Å². The van der Waals surface area contributed by atoms with Crippen LogP contribution in [0.5, 0.6) is 0 Å². The monoisotopic (exact) mass is 178 g/mol. The molecule has 74 valence electrons. The third-order valence-corrected chi connectivity index (χ3v) is 3.96. The van der Waals surface area contributed by atoms with E-state index >= 15 is 0 Å². The Morgan fingerprint density at radius 1 is 0.692 bits per heavy atom. The molecule has 0 N–H and O–H groups in total. The first-order valence-corrected chi connectivity index (χ1v) is 6.06. The second-order valence-corrected chi connectivity index (χ2v) is 4.98. The molecule has 0 bridgehead atoms. The Balaban J connectivity index is 1.99. The summed E-state index contributed by atoms with van der Waals surface area (Å²) in [6, 6.07) is 0. The summed E-state index contributed by atoms with van der Waals surface area (Å²) < 4.78 is 0. The average molecular weight is 178 g/mol. The van der Waals surface area contributed by atoms with Crippen LogP contribution in [0.4, 0.5) is 0 Å². The van der Waals surface area contributed by atoms with Crippen LogP contribution in [0.15, 0.2) is 12.2 Å². The highest BCUT2D eigenvalue weighted by Gasteiger charge is 2.30. The van der Waals surface area contributed by atoms with E-state index in [1.54, 1.807) is 0 Å². The van der Waals surface area contributed by atoms with Crippen molar-refractivity contribution >= 4 is 0 Å². The minimum Gasteiger partial charge on any atom is -0.0885 e. The van der Waals surface area contributed by atoms with Gasteiger partial charge in [-0.15, -0.1) is 0 Å². The molecule has 1 saturated carbocycles. The molecule has 0 aromatic rings. The van der Waals surface area contributed by atoms with Crippen molar-refractivity contribution < 1.29 is 0 Å². The summed E-state index contributed by atoms with van der Waals surface area (Å²) in [4.78, 5) is 0. The Labute approximate surface area is 82.4 Å². The fourth-order valence-electron chi connectivity index (χ4n) is 3.07. The molecule has 0 unspecified atom stereocenters. The Morgan fingerprint density at radius 3 is 2.15 bits per heavy atom. The van der Waals surface area contributed by atoms with Crippen molar-refractivity contribution in [1.29, 1.82) is 0 Å². The molecule has 0 amide bonds. The Morgan fingerprint density at radius 2 is 1.38 bits per heavy atom. The number of rotatable bonds is 0. The average Bonchev–Trinajstić information content (AvgIpc) is 2.14. The van der Waals surface area contributed by atoms with Gasteiger partial charge in [0.1, 0.15) is 0 Å². The molecular weight excluding hydrogens is 156 g/mol. The van der Waals surface area contributed by atoms with Crippen LogP contribution in [0, 0.1) is 5.41 Å². The molecule has 2 aliphatic rings. The molecule has 1 spiro atoms. The van der Waals surface area contributed by atoms with E-state index in [2.05, 4.69) is 12.2 Å². The maximum absolute atomic E-state index is 2.46. The fraction of sp³-hybridized carbons (Fsp3) is 0.846. The Kier molecular flexibility index (Phi) is 3.08. The van der Waals surface area contributed by atoms with Crippen molar-refractivity contribution in [3.63, 3.8) is 0 Å². The summed E-state index contributed by atoms with van der Waals surface area (Å²) in [5.74, 6) is 0. The van der Waals surface area contributed by atoms with Gasteiger partial charge in [-0.2, -0.15) is 0 Å². The SMILES string of the molecule is C1=C\CC2(CCCC/1)CCCCC2. The first-order chi connectivity index (χ1) is 6.41. The van der Waals surface area contributed by atoms with Crippen molar-refractivity contribution in [3.05, 3.63) is 12.2 Å². The molecule has 0 radical (unpaired) electrons. The van der Waals surface area contributed by atoms with E-state index in [1.165, 1.54) is 64.2 Å². The van der Waals surface area contributed by atoms with Gasteiger partial charge < -0.3 is 0 Å². The molecule has 13 heavy (non-hydrogen) atoms.